The number of amides is 3. The number of rotatable bonds is 6. The van der Waals surface area contributed by atoms with Gasteiger partial charge < -0.3 is 20.4 Å². The van der Waals surface area contributed by atoms with Crippen molar-refractivity contribution >= 4 is 34.8 Å². The first kappa shape index (κ1) is 19.9. The van der Waals surface area contributed by atoms with E-state index in [1.165, 1.54) is 6.26 Å². The van der Waals surface area contributed by atoms with Crippen molar-refractivity contribution in [3.8, 4) is 0 Å². The van der Waals surface area contributed by atoms with Crippen molar-refractivity contribution in [3.05, 3.63) is 78.3 Å². The molecule has 0 spiro atoms. The summed E-state index contributed by atoms with van der Waals surface area (Å²) in [7, 11) is 0. The van der Waals surface area contributed by atoms with Crippen LogP contribution in [-0.2, 0) is 4.79 Å². The van der Waals surface area contributed by atoms with Crippen LogP contribution in [0.5, 0.6) is 0 Å². The Hall–Kier alpha value is -3.87. The highest BCUT2D eigenvalue weighted by Gasteiger charge is 2.11. The van der Waals surface area contributed by atoms with E-state index in [4.69, 9.17) is 4.42 Å². The fourth-order valence-electron chi connectivity index (χ4n) is 2.43. The van der Waals surface area contributed by atoms with E-state index < -0.39 is 0 Å². The molecule has 1 aromatic heterocycles. The lowest BCUT2D eigenvalue weighted by atomic mass is 10.1. The highest BCUT2D eigenvalue weighted by atomic mass is 16.3. The molecule has 148 valence electrons. The molecule has 0 aliphatic carbocycles. The van der Waals surface area contributed by atoms with Crippen LogP contribution in [-0.4, -0.2) is 17.7 Å². The molecule has 3 rings (SSSR count). The van der Waals surface area contributed by atoms with Crippen LogP contribution < -0.4 is 16.0 Å². The first-order valence-corrected chi connectivity index (χ1v) is 9.09. The number of hydrogen-bond acceptors (Lipinski definition) is 4. The minimum atomic E-state index is -0.364. The fourth-order valence-corrected chi connectivity index (χ4v) is 2.43. The van der Waals surface area contributed by atoms with Crippen molar-refractivity contribution in [1.29, 1.82) is 0 Å². The maximum atomic E-state index is 12.4. The average Bonchev–Trinajstić information content (AvgIpc) is 3.25. The number of anilines is 3. The summed E-state index contributed by atoms with van der Waals surface area (Å²) >= 11 is 0. The maximum Gasteiger partial charge on any atom is 0.291 e. The first-order chi connectivity index (χ1) is 13.9. The van der Waals surface area contributed by atoms with Gasteiger partial charge in [0, 0.05) is 28.5 Å². The van der Waals surface area contributed by atoms with E-state index in [9.17, 15) is 14.4 Å². The molecule has 0 bridgehead atoms. The van der Waals surface area contributed by atoms with Gasteiger partial charge in [-0.3, -0.25) is 14.4 Å². The Kier molecular flexibility index (Phi) is 6.09. The number of nitrogens with one attached hydrogen (secondary N) is 3. The van der Waals surface area contributed by atoms with Crippen molar-refractivity contribution in [3.63, 3.8) is 0 Å². The molecule has 0 saturated heterocycles. The predicted molar refractivity (Wildman–Crippen MR) is 111 cm³/mol. The zero-order chi connectivity index (χ0) is 20.8. The quantitative estimate of drug-likeness (QED) is 0.580. The van der Waals surface area contributed by atoms with E-state index in [-0.39, 0.29) is 29.4 Å². The third-order valence-electron chi connectivity index (χ3n) is 4.08. The molecule has 0 unspecified atom stereocenters. The molecular formula is C22H21N3O4. The molecule has 7 nitrogen and oxygen atoms in total. The average molecular weight is 391 g/mol. The zero-order valence-electron chi connectivity index (χ0n) is 16.1. The zero-order valence-corrected chi connectivity index (χ0v) is 16.1. The van der Waals surface area contributed by atoms with Gasteiger partial charge in [-0.05, 0) is 60.7 Å². The normalized spacial score (nSPS) is 10.4. The smallest absolute Gasteiger partial charge is 0.291 e. The van der Waals surface area contributed by atoms with Gasteiger partial charge in [0.25, 0.3) is 11.8 Å². The molecule has 1 heterocycles. The van der Waals surface area contributed by atoms with Crippen molar-refractivity contribution in [1.82, 2.24) is 0 Å². The summed E-state index contributed by atoms with van der Waals surface area (Å²) in [4.78, 5) is 36.1. The van der Waals surface area contributed by atoms with Gasteiger partial charge in [-0.2, -0.15) is 0 Å². The van der Waals surface area contributed by atoms with Crippen LogP contribution in [0.15, 0.2) is 71.3 Å². The Balaban J connectivity index is 1.58. The molecule has 0 saturated carbocycles. The van der Waals surface area contributed by atoms with E-state index in [2.05, 4.69) is 16.0 Å². The van der Waals surface area contributed by atoms with Gasteiger partial charge in [-0.15, -0.1) is 0 Å². The number of carbonyl (C=O) groups excluding carboxylic acids is 3. The van der Waals surface area contributed by atoms with Crippen LogP contribution in [0.3, 0.4) is 0 Å². The van der Waals surface area contributed by atoms with E-state index in [1.54, 1.807) is 60.7 Å². The van der Waals surface area contributed by atoms with Gasteiger partial charge in [-0.1, -0.05) is 13.8 Å². The minimum absolute atomic E-state index is 0.0685. The number of furan rings is 1. The highest BCUT2D eigenvalue weighted by Crippen LogP contribution is 2.17. The number of benzene rings is 2. The van der Waals surface area contributed by atoms with Gasteiger partial charge in [-0.25, -0.2) is 0 Å². The van der Waals surface area contributed by atoms with Gasteiger partial charge in [0.05, 0.1) is 6.26 Å². The molecule has 29 heavy (non-hydrogen) atoms. The van der Waals surface area contributed by atoms with Crippen molar-refractivity contribution in [2.24, 2.45) is 5.92 Å². The highest BCUT2D eigenvalue weighted by molar-refractivity contribution is 6.05. The molecule has 2 aromatic carbocycles. The largest absolute Gasteiger partial charge is 0.459 e. The van der Waals surface area contributed by atoms with Gasteiger partial charge in [0.2, 0.25) is 5.91 Å². The van der Waals surface area contributed by atoms with Crippen LogP contribution in [0.2, 0.25) is 0 Å². The Bertz CT molecular complexity index is 992. The molecule has 0 aliphatic heterocycles. The summed E-state index contributed by atoms with van der Waals surface area (Å²) in [6.45, 7) is 3.63. The monoisotopic (exact) mass is 391 g/mol. The van der Waals surface area contributed by atoms with Crippen molar-refractivity contribution in [2.45, 2.75) is 13.8 Å². The van der Waals surface area contributed by atoms with Crippen molar-refractivity contribution in [2.75, 3.05) is 16.0 Å². The summed E-state index contributed by atoms with van der Waals surface area (Å²) in [5.41, 5.74) is 2.26. The van der Waals surface area contributed by atoms with Crippen LogP contribution in [0.25, 0.3) is 0 Å². The lowest BCUT2D eigenvalue weighted by molar-refractivity contribution is -0.118. The summed E-state index contributed by atoms with van der Waals surface area (Å²) in [5, 5.41) is 8.27. The molecule has 3 N–H and O–H groups in total. The summed E-state index contributed by atoms with van der Waals surface area (Å²) in [6, 6.07) is 16.6. The first-order valence-electron chi connectivity index (χ1n) is 9.09. The standard InChI is InChI=1S/C22H21N3O4/c1-14(2)20(26)23-17-9-11-18(12-10-17)24-21(27)15-5-7-16(8-6-15)25-22(28)19-4-3-13-29-19/h3-14H,1-2H3,(H,23,26)(H,24,27)(H,25,28). The summed E-state index contributed by atoms with van der Waals surface area (Å²) in [5.74, 6) is -0.619. The van der Waals surface area contributed by atoms with E-state index in [0.717, 1.165) is 0 Å². The second kappa shape index (κ2) is 8.88. The topological polar surface area (TPSA) is 100 Å². The molecule has 7 heteroatoms. The lowest BCUT2D eigenvalue weighted by Crippen LogP contribution is -2.17. The van der Waals surface area contributed by atoms with E-state index >= 15 is 0 Å². The summed E-state index contributed by atoms with van der Waals surface area (Å²) in [6.07, 6.45) is 1.42. The minimum Gasteiger partial charge on any atom is -0.459 e. The van der Waals surface area contributed by atoms with Crippen LogP contribution in [0.1, 0.15) is 34.8 Å². The SMILES string of the molecule is CC(C)C(=O)Nc1ccc(NC(=O)c2ccc(NC(=O)c3ccco3)cc2)cc1. The molecule has 3 amide bonds. The third kappa shape index (κ3) is 5.32. The Morgan fingerprint density at radius 2 is 1.24 bits per heavy atom. The molecule has 0 radical (unpaired) electrons. The molecular weight excluding hydrogens is 370 g/mol. The lowest BCUT2D eigenvalue weighted by Gasteiger charge is -2.10. The van der Waals surface area contributed by atoms with Gasteiger partial charge in [0.15, 0.2) is 5.76 Å². The Morgan fingerprint density at radius 3 is 1.76 bits per heavy atom. The second-order valence-corrected chi connectivity index (χ2v) is 6.68. The van der Waals surface area contributed by atoms with Gasteiger partial charge in [0.1, 0.15) is 0 Å². The molecule has 0 aliphatic rings. The second-order valence-electron chi connectivity index (χ2n) is 6.68. The predicted octanol–water partition coefficient (Wildman–Crippen LogP) is 4.38. The van der Waals surface area contributed by atoms with Gasteiger partial charge >= 0.3 is 0 Å². The third-order valence-corrected chi connectivity index (χ3v) is 4.08. The van der Waals surface area contributed by atoms with E-state index in [0.29, 0.717) is 22.6 Å². The fraction of sp³-hybridized carbons (Fsp3) is 0.136. The van der Waals surface area contributed by atoms with Crippen molar-refractivity contribution < 1.29 is 18.8 Å². The molecule has 0 atom stereocenters. The molecule has 3 aromatic rings. The van der Waals surface area contributed by atoms with E-state index in [1.807, 2.05) is 13.8 Å². The summed E-state index contributed by atoms with van der Waals surface area (Å²) < 4.78 is 5.04. The molecule has 0 fully saturated rings. The Morgan fingerprint density at radius 1 is 0.724 bits per heavy atom. The maximum absolute atomic E-state index is 12.4. The number of carbonyl (C=O) groups is 3. The van der Waals surface area contributed by atoms with Crippen LogP contribution in [0.4, 0.5) is 17.1 Å². The van der Waals surface area contributed by atoms with Crippen LogP contribution >= 0.6 is 0 Å². The number of hydrogen-bond donors (Lipinski definition) is 3. The Labute approximate surface area is 168 Å². The van der Waals surface area contributed by atoms with Crippen LogP contribution in [0, 0.1) is 5.92 Å².